The van der Waals surface area contributed by atoms with E-state index in [0.717, 1.165) is 17.4 Å². The van der Waals surface area contributed by atoms with Crippen molar-refractivity contribution in [3.63, 3.8) is 0 Å². The molecule has 2 N–H and O–H groups in total. The molecule has 2 aromatic rings. The van der Waals surface area contributed by atoms with Crippen molar-refractivity contribution < 1.29 is 5.11 Å². The van der Waals surface area contributed by atoms with Gasteiger partial charge in [-0.15, -0.1) is 0 Å². The summed E-state index contributed by atoms with van der Waals surface area (Å²) < 4.78 is 2.88. The van der Waals surface area contributed by atoms with Gasteiger partial charge in [-0.2, -0.15) is 5.10 Å². The highest BCUT2D eigenvalue weighted by Crippen LogP contribution is 2.31. The summed E-state index contributed by atoms with van der Waals surface area (Å²) in [6.07, 6.45) is 4.12. The van der Waals surface area contributed by atoms with E-state index in [-0.39, 0.29) is 18.2 Å². The Bertz CT molecular complexity index is 598. The molecule has 4 nitrogen and oxygen atoms in total. The summed E-state index contributed by atoms with van der Waals surface area (Å²) >= 11 is 3.40. The monoisotopic (exact) mass is 335 g/mol. The van der Waals surface area contributed by atoms with Crippen molar-refractivity contribution in [1.29, 1.82) is 0 Å². The van der Waals surface area contributed by atoms with Crippen molar-refractivity contribution in [1.82, 2.24) is 15.1 Å². The van der Waals surface area contributed by atoms with Crippen LogP contribution in [0.4, 0.5) is 0 Å². The van der Waals surface area contributed by atoms with E-state index in [4.69, 9.17) is 0 Å². The molecule has 0 spiro atoms. The lowest BCUT2D eigenvalue weighted by Crippen LogP contribution is -2.37. The van der Waals surface area contributed by atoms with Gasteiger partial charge in [0.15, 0.2) is 0 Å². The topological polar surface area (TPSA) is 50.1 Å². The molecule has 0 saturated carbocycles. The summed E-state index contributed by atoms with van der Waals surface area (Å²) in [6, 6.07) is 8.49. The molecule has 0 saturated heterocycles. The number of nitrogens with zero attached hydrogens (tertiary/aromatic N) is 2. The van der Waals surface area contributed by atoms with Crippen LogP contribution in [-0.4, -0.2) is 27.0 Å². The van der Waals surface area contributed by atoms with Gasteiger partial charge in [-0.3, -0.25) is 4.68 Å². The number of benzene rings is 1. The Hall–Kier alpha value is -1.17. The van der Waals surface area contributed by atoms with Crippen LogP contribution in [0.15, 0.2) is 41.1 Å². The van der Waals surface area contributed by atoms with Crippen molar-refractivity contribution in [2.45, 2.75) is 38.1 Å². The third-order valence-corrected chi connectivity index (χ3v) is 4.14. The fourth-order valence-corrected chi connectivity index (χ4v) is 3.18. The molecule has 0 bridgehead atoms. The molecule has 1 aromatic carbocycles. The zero-order valence-corrected chi connectivity index (χ0v) is 12.9. The molecule has 0 radical (unpaired) electrons. The highest BCUT2D eigenvalue weighted by atomic mass is 79.9. The predicted molar refractivity (Wildman–Crippen MR) is 81.4 cm³/mol. The summed E-state index contributed by atoms with van der Waals surface area (Å²) in [5, 5.41) is 18.0. The molecule has 0 amide bonds. The smallest absolute Gasteiger partial charge is 0.0775 e. The van der Waals surface area contributed by atoms with E-state index >= 15 is 0 Å². The largest absolute Gasteiger partial charge is 0.391 e. The summed E-state index contributed by atoms with van der Waals surface area (Å²) in [5.74, 6) is 0. The summed E-state index contributed by atoms with van der Waals surface area (Å²) in [6.45, 7) is 2.89. The molecular weight excluding hydrogens is 318 g/mol. The number of halogens is 1. The van der Waals surface area contributed by atoms with Crippen molar-refractivity contribution in [3.05, 3.63) is 52.3 Å². The zero-order valence-electron chi connectivity index (χ0n) is 11.3. The van der Waals surface area contributed by atoms with Crippen LogP contribution in [0.3, 0.4) is 0 Å². The molecule has 3 atom stereocenters. The number of hydrogen-bond acceptors (Lipinski definition) is 3. The first-order valence-corrected chi connectivity index (χ1v) is 7.62. The molecule has 106 valence electrons. The van der Waals surface area contributed by atoms with Gasteiger partial charge in [-0.1, -0.05) is 24.3 Å². The first-order valence-electron chi connectivity index (χ1n) is 6.83. The summed E-state index contributed by atoms with van der Waals surface area (Å²) in [4.78, 5) is 0. The lowest BCUT2D eigenvalue weighted by molar-refractivity contribution is 0.134. The van der Waals surface area contributed by atoms with Gasteiger partial charge in [0.25, 0.3) is 0 Å². The first kappa shape index (κ1) is 13.8. The normalized spacial score (nSPS) is 22.8. The number of aliphatic hydroxyl groups is 1. The van der Waals surface area contributed by atoms with Crippen molar-refractivity contribution in [2.75, 3.05) is 0 Å². The lowest BCUT2D eigenvalue weighted by atomic mass is 10.1. The van der Waals surface area contributed by atoms with Crippen LogP contribution >= 0.6 is 15.9 Å². The van der Waals surface area contributed by atoms with Gasteiger partial charge in [-0.05, 0) is 34.0 Å². The minimum atomic E-state index is -0.348. The Balaban J connectivity index is 1.68. The van der Waals surface area contributed by atoms with Crippen LogP contribution in [-0.2, 0) is 13.0 Å². The second kappa shape index (κ2) is 5.68. The summed E-state index contributed by atoms with van der Waals surface area (Å²) in [5.41, 5.74) is 2.46. The molecule has 0 aliphatic heterocycles. The van der Waals surface area contributed by atoms with Crippen molar-refractivity contribution in [2.24, 2.45) is 0 Å². The van der Waals surface area contributed by atoms with Gasteiger partial charge in [0.2, 0.25) is 0 Å². The number of aromatic nitrogens is 2. The van der Waals surface area contributed by atoms with Crippen molar-refractivity contribution in [3.8, 4) is 0 Å². The minimum absolute atomic E-state index is 0.0141. The second-order valence-corrected chi connectivity index (χ2v) is 6.31. The predicted octanol–water partition coefficient (Wildman–Crippen LogP) is 2.28. The number of hydrogen-bond donors (Lipinski definition) is 2. The van der Waals surface area contributed by atoms with Gasteiger partial charge in [0.1, 0.15) is 0 Å². The van der Waals surface area contributed by atoms with Crippen LogP contribution in [0.1, 0.15) is 24.1 Å². The SMILES string of the molecule is CC(Cn1cc(Br)cn1)N[C@@H]1c2ccccc2C[C@@H]1O. The van der Waals surface area contributed by atoms with Crippen LogP contribution in [0.2, 0.25) is 0 Å². The maximum Gasteiger partial charge on any atom is 0.0775 e. The fourth-order valence-electron chi connectivity index (χ4n) is 2.85. The van der Waals surface area contributed by atoms with Crippen LogP contribution < -0.4 is 5.32 Å². The van der Waals surface area contributed by atoms with E-state index in [0.29, 0.717) is 0 Å². The van der Waals surface area contributed by atoms with E-state index < -0.39 is 0 Å². The van der Waals surface area contributed by atoms with E-state index in [1.54, 1.807) is 6.20 Å². The van der Waals surface area contributed by atoms with E-state index in [1.165, 1.54) is 11.1 Å². The Morgan fingerprint density at radius 2 is 2.30 bits per heavy atom. The van der Waals surface area contributed by atoms with Crippen LogP contribution in [0, 0.1) is 0 Å². The molecule has 1 aliphatic rings. The number of aliphatic hydroxyl groups excluding tert-OH is 1. The van der Waals surface area contributed by atoms with Gasteiger partial charge in [0, 0.05) is 18.7 Å². The number of rotatable bonds is 4. The second-order valence-electron chi connectivity index (χ2n) is 5.40. The molecule has 5 heteroatoms. The summed E-state index contributed by atoms with van der Waals surface area (Å²) in [7, 11) is 0. The standard InChI is InChI=1S/C15H18BrN3O/c1-10(8-19-9-12(16)7-17-19)18-15-13-5-3-2-4-11(13)6-14(15)20/h2-5,7,9-10,14-15,18,20H,6,8H2,1H3/t10?,14-,15+/m0/s1. The first-order chi connectivity index (χ1) is 9.63. The third kappa shape index (κ3) is 2.80. The molecule has 1 heterocycles. The fraction of sp³-hybridized carbons (Fsp3) is 0.400. The maximum absolute atomic E-state index is 10.2. The number of nitrogens with one attached hydrogen (secondary N) is 1. The highest BCUT2D eigenvalue weighted by molar-refractivity contribution is 9.10. The van der Waals surface area contributed by atoms with Gasteiger partial charge < -0.3 is 10.4 Å². The van der Waals surface area contributed by atoms with E-state index in [1.807, 2.05) is 23.0 Å². The molecule has 1 aromatic heterocycles. The zero-order chi connectivity index (χ0) is 14.1. The van der Waals surface area contributed by atoms with E-state index in [9.17, 15) is 5.11 Å². The maximum atomic E-state index is 10.2. The average molecular weight is 336 g/mol. The molecule has 0 fully saturated rings. The number of fused-ring (bicyclic) bond motifs is 1. The third-order valence-electron chi connectivity index (χ3n) is 3.73. The Kier molecular flexibility index (Phi) is 3.92. The molecule has 1 aliphatic carbocycles. The molecule has 20 heavy (non-hydrogen) atoms. The lowest BCUT2D eigenvalue weighted by Gasteiger charge is -2.23. The van der Waals surface area contributed by atoms with Gasteiger partial charge in [0.05, 0.1) is 29.4 Å². The molecular formula is C15H18BrN3O. The molecule has 1 unspecified atom stereocenters. The minimum Gasteiger partial charge on any atom is -0.391 e. The average Bonchev–Trinajstić information content (AvgIpc) is 2.94. The van der Waals surface area contributed by atoms with Gasteiger partial charge >= 0.3 is 0 Å². The van der Waals surface area contributed by atoms with Crippen LogP contribution in [0.25, 0.3) is 0 Å². The Labute approximate surface area is 126 Å². The Morgan fingerprint density at radius 1 is 1.50 bits per heavy atom. The Morgan fingerprint density at radius 3 is 3.05 bits per heavy atom. The van der Waals surface area contributed by atoms with E-state index in [2.05, 4.69) is 45.4 Å². The van der Waals surface area contributed by atoms with Crippen LogP contribution in [0.5, 0.6) is 0 Å². The van der Waals surface area contributed by atoms with Crippen molar-refractivity contribution >= 4 is 15.9 Å². The highest BCUT2D eigenvalue weighted by Gasteiger charge is 2.31. The molecule has 3 rings (SSSR count). The quantitative estimate of drug-likeness (QED) is 0.901. The van der Waals surface area contributed by atoms with Gasteiger partial charge in [-0.25, -0.2) is 0 Å².